The molecule has 1 aliphatic carbocycles. The van der Waals surface area contributed by atoms with Crippen LogP contribution < -0.4 is 5.32 Å². The van der Waals surface area contributed by atoms with E-state index in [1.54, 1.807) is 5.32 Å². The number of carbonyl (C=O) groups excluding carboxylic acids is 1. The van der Waals surface area contributed by atoms with Crippen LogP contribution in [-0.2, 0) is 9.59 Å². The summed E-state index contributed by atoms with van der Waals surface area (Å²) >= 11 is 0. The highest BCUT2D eigenvalue weighted by Crippen LogP contribution is 2.31. The first-order valence-electron chi connectivity index (χ1n) is 5.44. The van der Waals surface area contributed by atoms with Crippen LogP contribution in [0.1, 0.15) is 32.1 Å². The van der Waals surface area contributed by atoms with Crippen molar-refractivity contribution in [2.45, 2.75) is 50.0 Å². The number of halogens is 4. The number of aliphatic carboxylic acids is 1. The Morgan fingerprint density at radius 3 is 2.06 bits per heavy atom. The van der Waals surface area contributed by atoms with Gasteiger partial charge < -0.3 is 10.4 Å². The molecule has 0 aromatic rings. The predicted molar refractivity (Wildman–Crippen MR) is 52.5 cm³/mol. The van der Waals surface area contributed by atoms with Crippen molar-refractivity contribution in [1.82, 2.24) is 5.32 Å². The normalized spacial score (nSPS) is 19.6. The molecule has 4 nitrogen and oxygen atoms in total. The van der Waals surface area contributed by atoms with Gasteiger partial charge in [-0.15, -0.1) is 0 Å². The van der Waals surface area contributed by atoms with Crippen LogP contribution in [0.4, 0.5) is 17.6 Å². The van der Waals surface area contributed by atoms with Crippen LogP contribution in [0.2, 0.25) is 0 Å². The molecule has 18 heavy (non-hydrogen) atoms. The van der Waals surface area contributed by atoms with Gasteiger partial charge in [0.2, 0.25) is 0 Å². The third kappa shape index (κ3) is 2.73. The van der Waals surface area contributed by atoms with Gasteiger partial charge in [0, 0.05) is 0 Å². The molecule has 0 unspecified atom stereocenters. The van der Waals surface area contributed by atoms with E-state index in [1.807, 2.05) is 0 Å². The van der Waals surface area contributed by atoms with E-state index in [4.69, 9.17) is 5.11 Å². The minimum atomic E-state index is -4.88. The Balaban J connectivity index is 2.85. The van der Waals surface area contributed by atoms with Crippen LogP contribution >= 0.6 is 0 Å². The van der Waals surface area contributed by atoms with Gasteiger partial charge in [-0.25, -0.2) is 13.6 Å². The van der Waals surface area contributed by atoms with Crippen molar-refractivity contribution in [3.63, 3.8) is 0 Å². The van der Waals surface area contributed by atoms with Gasteiger partial charge in [0.1, 0.15) is 5.54 Å². The number of rotatable bonds is 4. The number of hydrogen-bond acceptors (Lipinski definition) is 2. The molecule has 0 radical (unpaired) electrons. The Morgan fingerprint density at radius 1 is 1.17 bits per heavy atom. The largest absolute Gasteiger partial charge is 0.480 e. The monoisotopic (exact) mass is 271 g/mol. The number of carboxylic acids is 1. The molecule has 1 amide bonds. The fourth-order valence-corrected chi connectivity index (χ4v) is 1.95. The second kappa shape index (κ2) is 5.11. The van der Waals surface area contributed by atoms with Crippen molar-refractivity contribution in [3.8, 4) is 0 Å². The number of carbonyl (C=O) groups is 2. The summed E-state index contributed by atoms with van der Waals surface area (Å²) in [6.45, 7) is 0. The third-order valence-corrected chi connectivity index (χ3v) is 3.05. The topological polar surface area (TPSA) is 66.4 Å². The minimum Gasteiger partial charge on any atom is -0.480 e. The quantitative estimate of drug-likeness (QED) is 0.766. The van der Waals surface area contributed by atoms with Crippen molar-refractivity contribution >= 4 is 11.9 Å². The zero-order valence-corrected chi connectivity index (χ0v) is 9.39. The summed E-state index contributed by atoms with van der Waals surface area (Å²) in [6, 6.07) is 0. The number of alkyl halides is 4. The Morgan fingerprint density at radius 2 is 1.67 bits per heavy atom. The second-order valence-corrected chi connectivity index (χ2v) is 4.33. The fraction of sp³-hybridized carbons (Fsp3) is 0.800. The number of carboxylic acid groups (broad SMARTS) is 1. The van der Waals surface area contributed by atoms with Crippen molar-refractivity contribution in [3.05, 3.63) is 0 Å². The van der Waals surface area contributed by atoms with Crippen molar-refractivity contribution in [2.24, 2.45) is 0 Å². The summed E-state index contributed by atoms with van der Waals surface area (Å²) in [4.78, 5) is 22.1. The first-order valence-corrected chi connectivity index (χ1v) is 5.44. The van der Waals surface area contributed by atoms with Gasteiger partial charge >= 0.3 is 18.3 Å². The van der Waals surface area contributed by atoms with Crippen molar-refractivity contribution < 1.29 is 32.3 Å². The first-order chi connectivity index (χ1) is 8.22. The van der Waals surface area contributed by atoms with E-state index in [2.05, 4.69) is 0 Å². The summed E-state index contributed by atoms with van der Waals surface area (Å²) < 4.78 is 49.5. The molecule has 0 heterocycles. The number of amides is 1. The predicted octanol–water partition coefficient (Wildman–Crippen LogP) is 1.79. The Hall–Kier alpha value is -1.34. The maximum absolute atomic E-state index is 12.8. The first kappa shape index (κ1) is 14.7. The van der Waals surface area contributed by atoms with E-state index in [0.29, 0.717) is 12.8 Å². The van der Waals surface area contributed by atoms with Crippen LogP contribution in [0.3, 0.4) is 0 Å². The summed E-state index contributed by atoms with van der Waals surface area (Å²) in [6.07, 6.45) is -2.64. The molecule has 8 heteroatoms. The van der Waals surface area contributed by atoms with Gasteiger partial charge in [0.05, 0.1) is 0 Å². The molecule has 1 fully saturated rings. The molecule has 0 bridgehead atoms. The molecule has 0 spiro atoms. The van der Waals surface area contributed by atoms with Crippen LogP contribution in [0.25, 0.3) is 0 Å². The molecule has 1 rings (SSSR count). The van der Waals surface area contributed by atoms with Gasteiger partial charge in [-0.2, -0.15) is 8.78 Å². The molecule has 2 N–H and O–H groups in total. The molecule has 0 aromatic carbocycles. The van der Waals surface area contributed by atoms with Crippen LogP contribution in [0.5, 0.6) is 0 Å². The lowest BCUT2D eigenvalue weighted by Crippen LogP contribution is -2.60. The third-order valence-electron chi connectivity index (χ3n) is 3.05. The lowest BCUT2D eigenvalue weighted by atomic mass is 9.81. The second-order valence-electron chi connectivity index (χ2n) is 4.33. The summed E-state index contributed by atoms with van der Waals surface area (Å²) in [5.41, 5.74) is -1.85. The molecule has 104 valence electrons. The van der Waals surface area contributed by atoms with Crippen molar-refractivity contribution in [1.29, 1.82) is 0 Å². The van der Waals surface area contributed by atoms with Crippen LogP contribution in [-0.4, -0.2) is 34.9 Å². The van der Waals surface area contributed by atoms with E-state index < -0.39 is 29.8 Å². The summed E-state index contributed by atoms with van der Waals surface area (Å²) in [5.74, 6) is -8.58. The van der Waals surface area contributed by atoms with Gasteiger partial charge in [-0.1, -0.05) is 19.3 Å². The molecule has 1 aliphatic rings. The summed E-state index contributed by atoms with van der Waals surface area (Å²) in [7, 11) is 0. The fourth-order valence-electron chi connectivity index (χ4n) is 1.95. The Kier molecular flexibility index (Phi) is 4.18. The molecule has 1 saturated carbocycles. The van der Waals surface area contributed by atoms with Crippen molar-refractivity contribution in [2.75, 3.05) is 0 Å². The maximum Gasteiger partial charge on any atom is 0.383 e. The molecule has 0 aliphatic heterocycles. The number of hydrogen-bond donors (Lipinski definition) is 2. The van der Waals surface area contributed by atoms with Gasteiger partial charge in [-0.05, 0) is 12.8 Å². The Bertz CT molecular complexity index is 340. The smallest absolute Gasteiger partial charge is 0.383 e. The zero-order chi connectivity index (χ0) is 14.0. The van der Waals surface area contributed by atoms with E-state index in [9.17, 15) is 27.2 Å². The highest BCUT2D eigenvalue weighted by molar-refractivity contribution is 5.90. The molecular weight excluding hydrogens is 258 g/mol. The average molecular weight is 271 g/mol. The van der Waals surface area contributed by atoms with Gasteiger partial charge in [0.25, 0.3) is 5.91 Å². The lowest BCUT2D eigenvalue weighted by Gasteiger charge is -2.34. The molecule has 0 saturated heterocycles. The minimum absolute atomic E-state index is 0.0343. The SMILES string of the molecule is O=C(O)C1(NC(=O)C(F)(F)C(F)F)CCCCC1. The zero-order valence-electron chi connectivity index (χ0n) is 9.39. The molecular formula is C10H13F4NO3. The standard InChI is InChI=1S/C10H13F4NO3/c11-6(12)10(13,14)7(16)15-9(8(17)18)4-2-1-3-5-9/h6H,1-5H2,(H,15,16)(H,17,18). The molecule has 0 aromatic heterocycles. The Labute approximate surface area is 100 Å². The number of nitrogens with one attached hydrogen (secondary N) is 1. The lowest BCUT2D eigenvalue weighted by molar-refractivity contribution is -0.174. The maximum atomic E-state index is 12.8. The highest BCUT2D eigenvalue weighted by Gasteiger charge is 2.53. The van der Waals surface area contributed by atoms with Crippen LogP contribution in [0, 0.1) is 0 Å². The van der Waals surface area contributed by atoms with E-state index in [0.717, 1.165) is 6.42 Å². The van der Waals surface area contributed by atoms with E-state index in [1.165, 1.54) is 0 Å². The average Bonchev–Trinajstić information content (AvgIpc) is 2.29. The van der Waals surface area contributed by atoms with Gasteiger partial charge in [-0.3, -0.25) is 4.79 Å². The summed E-state index contributed by atoms with van der Waals surface area (Å²) in [5, 5.41) is 10.6. The molecule has 0 atom stereocenters. The van der Waals surface area contributed by atoms with Gasteiger partial charge in [0.15, 0.2) is 0 Å². The van der Waals surface area contributed by atoms with E-state index in [-0.39, 0.29) is 12.8 Å². The van der Waals surface area contributed by atoms with E-state index >= 15 is 0 Å². The van der Waals surface area contributed by atoms with Crippen LogP contribution in [0.15, 0.2) is 0 Å². The highest BCUT2D eigenvalue weighted by atomic mass is 19.3.